The summed E-state index contributed by atoms with van der Waals surface area (Å²) in [4.78, 5) is 24.3. The highest BCUT2D eigenvalue weighted by molar-refractivity contribution is 5.16. The quantitative estimate of drug-likeness (QED) is 0.936. The summed E-state index contributed by atoms with van der Waals surface area (Å²) in [5.41, 5.74) is 2.12. The molecule has 2 bridgehead atoms. The van der Waals surface area contributed by atoms with Crippen LogP contribution in [0.1, 0.15) is 36.5 Å². The van der Waals surface area contributed by atoms with Gasteiger partial charge in [-0.2, -0.15) is 0 Å². The molecule has 2 aliphatic rings. The van der Waals surface area contributed by atoms with Gasteiger partial charge in [0.25, 0.3) is 5.56 Å². The number of hydrogen-bond acceptors (Lipinski definition) is 4. The Hall–Kier alpha value is -1.98. The number of aromatic amines is 1. The molecule has 24 heavy (non-hydrogen) atoms. The fourth-order valence-electron chi connectivity index (χ4n) is 4.22. The number of nitrogens with one attached hydrogen (secondary N) is 1. The number of fused-ring (bicyclic) bond motifs is 2. The monoisotopic (exact) mass is 324 g/mol. The van der Waals surface area contributed by atoms with Gasteiger partial charge in [-0.1, -0.05) is 30.3 Å². The van der Waals surface area contributed by atoms with Crippen LogP contribution in [-0.2, 0) is 6.54 Å². The topological polar surface area (TPSA) is 52.2 Å². The van der Waals surface area contributed by atoms with E-state index < -0.39 is 0 Å². The summed E-state index contributed by atoms with van der Waals surface area (Å²) in [7, 11) is 0. The molecule has 0 aliphatic carbocycles. The lowest BCUT2D eigenvalue weighted by molar-refractivity contribution is 0.0905. The van der Waals surface area contributed by atoms with Gasteiger partial charge in [0.05, 0.1) is 6.04 Å². The van der Waals surface area contributed by atoms with Crippen molar-refractivity contribution >= 4 is 0 Å². The van der Waals surface area contributed by atoms with Gasteiger partial charge in [-0.3, -0.25) is 14.6 Å². The molecule has 1 aromatic heterocycles. The first kappa shape index (κ1) is 15.5. The molecule has 4 rings (SSSR count). The van der Waals surface area contributed by atoms with Crippen LogP contribution >= 0.6 is 0 Å². The van der Waals surface area contributed by atoms with Crippen LogP contribution in [-0.4, -0.2) is 44.9 Å². The van der Waals surface area contributed by atoms with Gasteiger partial charge in [0.2, 0.25) is 0 Å². The number of aromatic nitrogens is 2. The third-order valence-electron chi connectivity index (χ3n) is 5.41. The van der Waals surface area contributed by atoms with E-state index in [1.54, 1.807) is 6.07 Å². The standard InChI is InChI=1S/C19H24N4O/c1-13-8-18(24)21-19(20-13)14(2)23-12-16-9-17(23)11-22(16)10-15-6-4-3-5-7-15/h3-8,14,16-17H,9-12H2,1-2H3,(H,20,21,24)/t14?,16-,17-/m0/s1. The number of hydrogen-bond donors (Lipinski definition) is 1. The van der Waals surface area contributed by atoms with Crippen LogP contribution < -0.4 is 5.56 Å². The van der Waals surface area contributed by atoms with Crippen LogP contribution in [0.4, 0.5) is 0 Å². The van der Waals surface area contributed by atoms with Crippen LogP contribution in [0.2, 0.25) is 0 Å². The molecule has 3 heterocycles. The van der Waals surface area contributed by atoms with Gasteiger partial charge >= 0.3 is 0 Å². The number of aryl methyl sites for hydroxylation is 1. The van der Waals surface area contributed by atoms with E-state index in [4.69, 9.17) is 0 Å². The highest BCUT2D eigenvalue weighted by Crippen LogP contribution is 2.36. The van der Waals surface area contributed by atoms with Gasteiger partial charge < -0.3 is 4.98 Å². The third-order valence-corrected chi connectivity index (χ3v) is 5.41. The van der Waals surface area contributed by atoms with E-state index in [1.165, 1.54) is 12.0 Å². The second kappa shape index (κ2) is 6.15. The largest absolute Gasteiger partial charge is 0.309 e. The zero-order valence-corrected chi connectivity index (χ0v) is 14.3. The van der Waals surface area contributed by atoms with Crippen molar-refractivity contribution in [1.82, 2.24) is 19.8 Å². The predicted octanol–water partition coefficient (Wildman–Crippen LogP) is 2.10. The van der Waals surface area contributed by atoms with Gasteiger partial charge in [-0.15, -0.1) is 0 Å². The van der Waals surface area contributed by atoms with E-state index >= 15 is 0 Å². The van der Waals surface area contributed by atoms with E-state index in [0.717, 1.165) is 31.2 Å². The molecule has 0 radical (unpaired) electrons. The molecule has 2 fully saturated rings. The lowest BCUT2D eigenvalue weighted by Crippen LogP contribution is -2.47. The fraction of sp³-hybridized carbons (Fsp3) is 0.474. The van der Waals surface area contributed by atoms with Gasteiger partial charge in [-0.25, -0.2) is 4.98 Å². The van der Waals surface area contributed by atoms with Crippen LogP contribution in [0.15, 0.2) is 41.2 Å². The minimum atomic E-state index is -0.0561. The number of benzene rings is 1. The molecule has 2 aromatic rings. The number of rotatable bonds is 4. The Kier molecular flexibility index (Phi) is 3.98. The maximum Gasteiger partial charge on any atom is 0.251 e. The van der Waals surface area contributed by atoms with E-state index in [0.29, 0.717) is 12.1 Å². The third kappa shape index (κ3) is 2.89. The second-order valence-electron chi connectivity index (χ2n) is 7.10. The van der Waals surface area contributed by atoms with E-state index in [9.17, 15) is 4.79 Å². The molecule has 1 unspecified atom stereocenters. The molecule has 1 N–H and O–H groups in total. The van der Waals surface area contributed by atoms with Crippen LogP contribution in [0, 0.1) is 6.92 Å². The summed E-state index contributed by atoms with van der Waals surface area (Å²) in [5, 5.41) is 0. The molecule has 5 nitrogen and oxygen atoms in total. The molecule has 2 saturated heterocycles. The first-order chi connectivity index (χ1) is 11.6. The number of H-pyrrole nitrogens is 1. The average molecular weight is 324 g/mol. The van der Waals surface area contributed by atoms with Crippen molar-refractivity contribution in [2.24, 2.45) is 0 Å². The van der Waals surface area contributed by atoms with Crippen molar-refractivity contribution < 1.29 is 0 Å². The fourth-order valence-corrected chi connectivity index (χ4v) is 4.22. The SMILES string of the molecule is Cc1cc(=O)[nH]c(C(C)N2C[C@@H]3C[C@H]2CN3Cc2ccccc2)n1. The van der Waals surface area contributed by atoms with E-state index in [2.05, 4.69) is 57.0 Å². The average Bonchev–Trinajstić information content (AvgIpc) is 3.14. The van der Waals surface area contributed by atoms with Crippen LogP contribution in [0.3, 0.4) is 0 Å². The number of likely N-dealkylation sites (tertiary alicyclic amines) is 2. The zero-order chi connectivity index (χ0) is 16.7. The Morgan fingerprint density at radius 1 is 1.25 bits per heavy atom. The molecule has 0 amide bonds. The van der Waals surface area contributed by atoms with Crippen molar-refractivity contribution in [2.75, 3.05) is 13.1 Å². The molecule has 0 saturated carbocycles. The van der Waals surface area contributed by atoms with Gasteiger partial charge in [0.1, 0.15) is 5.82 Å². The highest BCUT2D eigenvalue weighted by Gasteiger charge is 2.45. The minimum absolute atomic E-state index is 0.0561. The van der Waals surface area contributed by atoms with Crippen molar-refractivity contribution in [3.05, 3.63) is 63.8 Å². The van der Waals surface area contributed by atoms with Crippen LogP contribution in [0.25, 0.3) is 0 Å². The first-order valence-electron chi connectivity index (χ1n) is 8.72. The normalized spacial score (nSPS) is 25.2. The molecular weight excluding hydrogens is 300 g/mol. The maximum atomic E-state index is 11.7. The molecule has 1 aromatic carbocycles. The van der Waals surface area contributed by atoms with Crippen molar-refractivity contribution in [1.29, 1.82) is 0 Å². The zero-order valence-electron chi connectivity index (χ0n) is 14.3. The van der Waals surface area contributed by atoms with Crippen molar-refractivity contribution in [3.63, 3.8) is 0 Å². The highest BCUT2D eigenvalue weighted by atomic mass is 16.1. The first-order valence-corrected chi connectivity index (χ1v) is 8.72. The Morgan fingerprint density at radius 2 is 2.04 bits per heavy atom. The molecule has 0 spiro atoms. The van der Waals surface area contributed by atoms with Crippen LogP contribution in [0.5, 0.6) is 0 Å². The predicted molar refractivity (Wildman–Crippen MR) is 93.8 cm³/mol. The lowest BCUT2D eigenvalue weighted by Gasteiger charge is -2.37. The summed E-state index contributed by atoms with van der Waals surface area (Å²) >= 11 is 0. The number of piperazine rings is 1. The van der Waals surface area contributed by atoms with E-state index in [-0.39, 0.29) is 11.6 Å². The smallest absolute Gasteiger partial charge is 0.251 e. The van der Waals surface area contributed by atoms with Crippen molar-refractivity contribution in [3.8, 4) is 0 Å². The summed E-state index contributed by atoms with van der Waals surface area (Å²) in [6.45, 7) is 7.21. The molecule has 3 atom stereocenters. The lowest BCUT2D eigenvalue weighted by atomic mass is 10.1. The Labute approximate surface area is 142 Å². The van der Waals surface area contributed by atoms with E-state index in [1.807, 2.05) is 6.92 Å². The number of nitrogens with zero attached hydrogens (tertiary/aromatic N) is 3. The summed E-state index contributed by atoms with van der Waals surface area (Å²) in [6, 6.07) is 13.6. The minimum Gasteiger partial charge on any atom is -0.309 e. The molecule has 2 aliphatic heterocycles. The Bertz CT molecular complexity index is 772. The van der Waals surface area contributed by atoms with Gasteiger partial charge in [-0.05, 0) is 25.8 Å². The van der Waals surface area contributed by atoms with Gasteiger partial charge in [0, 0.05) is 43.5 Å². The summed E-state index contributed by atoms with van der Waals surface area (Å²) < 4.78 is 0. The Balaban J connectivity index is 1.45. The maximum absolute atomic E-state index is 11.7. The van der Waals surface area contributed by atoms with Gasteiger partial charge in [0.15, 0.2) is 0 Å². The summed E-state index contributed by atoms with van der Waals surface area (Å²) in [6.07, 6.45) is 1.22. The van der Waals surface area contributed by atoms with Crippen molar-refractivity contribution in [2.45, 2.75) is 44.9 Å². The Morgan fingerprint density at radius 3 is 2.71 bits per heavy atom. The molecule has 126 valence electrons. The molecule has 5 heteroatoms. The second-order valence-corrected chi connectivity index (χ2v) is 7.10. The molecular formula is C19H24N4O. The summed E-state index contributed by atoms with van der Waals surface area (Å²) in [5.74, 6) is 0.794.